The molecule has 0 saturated carbocycles. The number of ether oxygens (including phenoxy) is 1. The van der Waals surface area contributed by atoms with Gasteiger partial charge in [0.15, 0.2) is 0 Å². The van der Waals surface area contributed by atoms with E-state index in [9.17, 15) is 4.79 Å². The van der Waals surface area contributed by atoms with Gasteiger partial charge in [-0.1, -0.05) is 0 Å². The molecule has 2 aromatic rings. The van der Waals surface area contributed by atoms with Crippen LogP contribution in [-0.2, 0) is 11.3 Å². The number of oxazole rings is 1. The molecule has 1 N–H and O–H groups in total. The minimum absolute atomic E-state index is 0.200. The molecule has 7 heteroatoms. The quantitative estimate of drug-likeness (QED) is 0.828. The number of hydrogen-bond donors (Lipinski definition) is 1. The molecule has 0 fully saturated rings. The minimum atomic E-state index is -0.320. The summed E-state index contributed by atoms with van der Waals surface area (Å²) < 4.78 is 12.1. The molecule has 0 radical (unpaired) electrons. The molecule has 0 saturated heterocycles. The molecular weight excluding hydrogens is 374 g/mol. The first-order valence-corrected chi connectivity index (χ1v) is 8.47. The summed E-state index contributed by atoms with van der Waals surface area (Å²) in [4.78, 5) is 20.9. The number of pyridine rings is 1. The van der Waals surface area contributed by atoms with E-state index in [1.807, 2.05) is 39.8 Å². The first-order valence-electron chi connectivity index (χ1n) is 7.68. The van der Waals surface area contributed by atoms with Gasteiger partial charge in [0, 0.05) is 10.7 Å². The van der Waals surface area contributed by atoms with Gasteiger partial charge in [-0.15, -0.1) is 0 Å². The maximum Gasteiger partial charge on any atom is 0.289 e. The predicted molar refractivity (Wildman–Crippen MR) is 93.6 cm³/mol. The van der Waals surface area contributed by atoms with E-state index >= 15 is 0 Å². The fourth-order valence-electron chi connectivity index (χ4n) is 1.98. The van der Waals surface area contributed by atoms with Crippen molar-refractivity contribution in [2.45, 2.75) is 52.9 Å². The highest BCUT2D eigenvalue weighted by Gasteiger charge is 2.21. The standard InChI is InChI=1S/C17H22BrN3O3/c1-10(13-7-6-12(18)8-19-13)21-16(22)15-11(2)20-14(24-15)9-23-17(3,4)5/h6-8,10H,9H2,1-5H3,(H,21,22). The first kappa shape index (κ1) is 18.6. The van der Waals surface area contributed by atoms with E-state index in [-0.39, 0.29) is 29.9 Å². The summed E-state index contributed by atoms with van der Waals surface area (Å²) in [6.45, 7) is 9.67. The fraction of sp³-hybridized carbons (Fsp3) is 0.471. The maximum absolute atomic E-state index is 12.4. The van der Waals surface area contributed by atoms with Crippen LogP contribution in [0.25, 0.3) is 0 Å². The zero-order valence-corrected chi connectivity index (χ0v) is 16.1. The van der Waals surface area contributed by atoms with Gasteiger partial charge in [0.1, 0.15) is 6.61 Å². The summed E-state index contributed by atoms with van der Waals surface area (Å²) in [5.41, 5.74) is 1.00. The number of carbonyl (C=O) groups excluding carboxylic acids is 1. The summed E-state index contributed by atoms with van der Waals surface area (Å²) in [7, 11) is 0. The van der Waals surface area contributed by atoms with Gasteiger partial charge in [0.05, 0.1) is 23.0 Å². The lowest BCUT2D eigenvalue weighted by Crippen LogP contribution is -2.27. The van der Waals surface area contributed by atoms with Gasteiger partial charge in [-0.3, -0.25) is 9.78 Å². The van der Waals surface area contributed by atoms with Gasteiger partial charge in [0.25, 0.3) is 5.91 Å². The Hall–Kier alpha value is -1.73. The van der Waals surface area contributed by atoms with Gasteiger partial charge in [-0.25, -0.2) is 4.98 Å². The smallest absolute Gasteiger partial charge is 0.289 e. The molecule has 0 aliphatic carbocycles. The number of hydrogen-bond acceptors (Lipinski definition) is 5. The number of aromatic nitrogens is 2. The second-order valence-electron chi connectivity index (χ2n) is 6.52. The predicted octanol–water partition coefficient (Wildman–Crippen LogP) is 3.95. The average Bonchev–Trinajstić information content (AvgIpc) is 2.86. The van der Waals surface area contributed by atoms with Crippen molar-refractivity contribution in [2.24, 2.45) is 0 Å². The molecule has 1 amide bonds. The van der Waals surface area contributed by atoms with Crippen molar-refractivity contribution in [3.8, 4) is 0 Å². The summed E-state index contributed by atoms with van der Waals surface area (Å²) >= 11 is 3.34. The highest BCUT2D eigenvalue weighted by molar-refractivity contribution is 9.10. The van der Waals surface area contributed by atoms with E-state index in [1.165, 1.54) is 0 Å². The van der Waals surface area contributed by atoms with Crippen LogP contribution in [-0.4, -0.2) is 21.5 Å². The number of rotatable bonds is 5. The molecule has 130 valence electrons. The molecule has 2 rings (SSSR count). The molecule has 2 aromatic heterocycles. The molecule has 0 aliphatic heterocycles. The number of nitrogens with zero attached hydrogens (tertiary/aromatic N) is 2. The molecule has 0 bridgehead atoms. The largest absolute Gasteiger partial charge is 0.433 e. The Morgan fingerprint density at radius 1 is 1.42 bits per heavy atom. The highest BCUT2D eigenvalue weighted by Crippen LogP contribution is 2.17. The molecule has 24 heavy (non-hydrogen) atoms. The van der Waals surface area contributed by atoms with Crippen LogP contribution in [0.1, 0.15) is 61.6 Å². The highest BCUT2D eigenvalue weighted by atomic mass is 79.9. The van der Waals surface area contributed by atoms with Crippen molar-refractivity contribution < 1.29 is 13.9 Å². The molecule has 0 spiro atoms. The molecule has 6 nitrogen and oxygen atoms in total. The van der Waals surface area contributed by atoms with E-state index in [1.54, 1.807) is 13.1 Å². The lowest BCUT2D eigenvalue weighted by atomic mass is 10.2. The van der Waals surface area contributed by atoms with E-state index in [0.717, 1.165) is 10.2 Å². The van der Waals surface area contributed by atoms with Gasteiger partial charge >= 0.3 is 0 Å². The Morgan fingerprint density at radius 2 is 2.12 bits per heavy atom. The SMILES string of the molecule is Cc1nc(COC(C)(C)C)oc1C(=O)NC(C)c1ccc(Br)cn1. The minimum Gasteiger partial charge on any atom is -0.433 e. The number of amides is 1. The lowest BCUT2D eigenvalue weighted by Gasteiger charge is -2.17. The third-order valence-corrected chi connectivity index (χ3v) is 3.69. The number of carbonyl (C=O) groups is 1. The zero-order chi connectivity index (χ0) is 17.9. The van der Waals surface area contributed by atoms with E-state index < -0.39 is 0 Å². The topological polar surface area (TPSA) is 77.2 Å². The Morgan fingerprint density at radius 3 is 2.71 bits per heavy atom. The van der Waals surface area contributed by atoms with Gasteiger partial charge in [-0.2, -0.15) is 0 Å². The summed E-state index contributed by atoms with van der Waals surface area (Å²) in [5.74, 6) is 0.271. The van der Waals surface area contributed by atoms with Crippen LogP contribution in [0.4, 0.5) is 0 Å². The third-order valence-electron chi connectivity index (χ3n) is 3.22. The summed E-state index contributed by atoms with van der Waals surface area (Å²) in [6, 6.07) is 3.49. The molecule has 1 unspecified atom stereocenters. The van der Waals surface area contributed by atoms with Crippen LogP contribution in [0.15, 0.2) is 27.2 Å². The van der Waals surface area contributed by atoms with Crippen LogP contribution in [0.5, 0.6) is 0 Å². The maximum atomic E-state index is 12.4. The Kier molecular flexibility index (Phi) is 5.77. The molecular formula is C17H22BrN3O3. The van der Waals surface area contributed by atoms with Crippen molar-refractivity contribution in [1.29, 1.82) is 0 Å². The van der Waals surface area contributed by atoms with Crippen LogP contribution in [0, 0.1) is 6.92 Å². The monoisotopic (exact) mass is 395 g/mol. The van der Waals surface area contributed by atoms with Crippen molar-refractivity contribution in [3.05, 3.63) is 45.8 Å². The molecule has 2 heterocycles. The third kappa shape index (κ3) is 5.14. The first-order chi connectivity index (χ1) is 11.2. The molecule has 1 atom stereocenters. The second-order valence-corrected chi connectivity index (χ2v) is 7.44. The summed E-state index contributed by atoms with van der Waals surface area (Å²) in [6.07, 6.45) is 1.69. The molecule has 0 aromatic carbocycles. The van der Waals surface area contributed by atoms with Crippen molar-refractivity contribution in [2.75, 3.05) is 0 Å². The van der Waals surface area contributed by atoms with E-state index in [0.29, 0.717) is 11.6 Å². The molecule has 0 aliphatic rings. The van der Waals surface area contributed by atoms with Crippen molar-refractivity contribution in [3.63, 3.8) is 0 Å². The van der Waals surface area contributed by atoms with Gasteiger partial charge in [0.2, 0.25) is 11.7 Å². The number of nitrogens with one attached hydrogen (secondary N) is 1. The van der Waals surface area contributed by atoms with Crippen LogP contribution < -0.4 is 5.32 Å². The van der Waals surface area contributed by atoms with Gasteiger partial charge in [-0.05, 0) is 62.7 Å². The Labute approximate surface area is 150 Å². The number of aryl methyl sites for hydroxylation is 1. The zero-order valence-electron chi connectivity index (χ0n) is 14.5. The van der Waals surface area contributed by atoms with E-state index in [2.05, 4.69) is 31.2 Å². The van der Waals surface area contributed by atoms with Crippen LogP contribution in [0.2, 0.25) is 0 Å². The summed E-state index contributed by atoms with van der Waals surface area (Å²) in [5, 5.41) is 2.87. The van der Waals surface area contributed by atoms with Crippen molar-refractivity contribution in [1.82, 2.24) is 15.3 Å². The van der Waals surface area contributed by atoms with E-state index in [4.69, 9.17) is 9.15 Å². The van der Waals surface area contributed by atoms with Crippen molar-refractivity contribution >= 4 is 21.8 Å². The van der Waals surface area contributed by atoms with Crippen LogP contribution >= 0.6 is 15.9 Å². The van der Waals surface area contributed by atoms with Crippen LogP contribution in [0.3, 0.4) is 0 Å². The lowest BCUT2D eigenvalue weighted by molar-refractivity contribution is -0.0245. The van der Waals surface area contributed by atoms with Gasteiger partial charge < -0.3 is 14.5 Å². The second kappa shape index (κ2) is 7.44. The number of halogens is 1. The fourth-order valence-corrected chi connectivity index (χ4v) is 2.22. The Bertz CT molecular complexity index is 705. The normalized spacial score (nSPS) is 12.9. The Balaban J connectivity index is 2.04. The average molecular weight is 396 g/mol.